The van der Waals surface area contributed by atoms with Gasteiger partial charge in [-0.15, -0.1) is 12.6 Å². The smallest absolute Gasteiger partial charge is 0.453 e. The average molecular weight is 628 g/mol. The molecule has 0 radical (unpaired) electrons. The van der Waals surface area contributed by atoms with E-state index in [4.69, 9.17) is 26.8 Å². The van der Waals surface area contributed by atoms with Gasteiger partial charge in [-0.05, 0) is 24.3 Å². The van der Waals surface area contributed by atoms with Crippen molar-refractivity contribution in [2.75, 3.05) is 0 Å². The Morgan fingerprint density at radius 1 is 0.833 bits per heavy atom. The summed E-state index contributed by atoms with van der Waals surface area (Å²) in [7, 11) is -1.46. The van der Waals surface area contributed by atoms with Gasteiger partial charge in [0, 0.05) is 0 Å². The Labute approximate surface area is 263 Å². The Morgan fingerprint density at radius 2 is 1.33 bits per heavy atom. The van der Waals surface area contributed by atoms with Gasteiger partial charge in [0.1, 0.15) is 12.0 Å². The molecule has 242 valence electrons. The van der Waals surface area contributed by atoms with Crippen molar-refractivity contribution in [2.24, 2.45) is 5.92 Å². The van der Waals surface area contributed by atoms with Crippen LogP contribution in [0.25, 0.3) is 0 Å². The van der Waals surface area contributed by atoms with Gasteiger partial charge in [0.05, 0.1) is 0 Å². The van der Waals surface area contributed by atoms with Crippen LogP contribution >= 0.6 is 21.1 Å². The molecule has 0 heterocycles. The molecule has 1 N–H and O–H groups in total. The van der Waals surface area contributed by atoms with Gasteiger partial charge in [0.25, 0.3) is 0 Å². The number of carbonyl (C=O) groups excluding carboxylic acids is 1. The molecule has 0 spiro atoms. The molecule has 8 heteroatoms. The molecular formula is C34H60O6PS+. The zero-order valence-electron chi connectivity index (χ0n) is 26.7. The van der Waals surface area contributed by atoms with Crippen LogP contribution in [0.3, 0.4) is 0 Å². The number of carbonyl (C=O) groups is 1. The van der Waals surface area contributed by atoms with Gasteiger partial charge < -0.3 is 14.6 Å². The summed E-state index contributed by atoms with van der Waals surface area (Å²) in [5.74, 6) is -0.597. The lowest BCUT2D eigenvalue weighted by molar-refractivity contribution is -0.259. The Bertz CT molecular complexity index is 797. The molecule has 5 atom stereocenters. The number of thiol groups is 1. The maximum absolute atomic E-state index is 12.6. The Kier molecular flexibility index (Phi) is 23.6. The molecule has 0 fully saturated rings. The Hall–Kier alpha value is -0.980. The van der Waals surface area contributed by atoms with E-state index in [1.54, 1.807) is 12.1 Å². The van der Waals surface area contributed by atoms with Gasteiger partial charge in [0.15, 0.2) is 6.29 Å². The van der Waals surface area contributed by atoms with Crippen molar-refractivity contribution >= 4 is 27.1 Å². The van der Waals surface area contributed by atoms with Gasteiger partial charge in [-0.1, -0.05) is 165 Å². The van der Waals surface area contributed by atoms with Crippen molar-refractivity contribution in [3.63, 3.8) is 0 Å². The van der Waals surface area contributed by atoms with E-state index in [0.717, 1.165) is 24.8 Å². The van der Waals surface area contributed by atoms with Crippen LogP contribution in [0.15, 0.2) is 30.3 Å². The molecule has 6 nitrogen and oxygen atoms in total. The highest BCUT2D eigenvalue weighted by Crippen LogP contribution is 2.30. The van der Waals surface area contributed by atoms with Gasteiger partial charge in [-0.2, -0.15) is 0 Å². The fourth-order valence-corrected chi connectivity index (χ4v) is 5.95. The first-order chi connectivity index (χ1) is 20.4. The summed E-state index contributed by atoms with van der Waals surface area (Å²) in [6, 6.07) is 9.10. The van der Waals surface area contributed by atoms with Crippen LogP contribution in [0.1, 0.15) is 148 Å². The summed E-state index contributed by atoms with van der Waals surface area (Å²) in [6.07, 6.45) is 22.0. The molecule has 1 aromatic carbocycles. The predicted molar refractivity (Wildman–Crippen MR) is 177 cm³/mol. The predicted octanol–water partition coefficient (Wildman–Crippen LogP) is 10.1. The number of aliphatic hydroxyl groups is 1. The molecule has 0 bridgehead atoms. The standard InChI is InChI=1S/C34H59O6PS/c1-4-7-9-11-12-13-14-15-17-20-24-29(23-19-16-10-8-5-2)27-32(42)39-31(6-3)40-34(36,41-37)33(35)38-28-30-25-21-18-22-26-30/h18,21-22,25-26,29,31-32,36,42H,4-17,19-20,23-24,27-28H2,1-3H3/p+1. The summed E-state index contributed by atoms with van der Waals surface area (Å²) < 4.78 is 28.6. The zero-order chi connectivity index (χ0) is 30.9. The highest BCUT2D eigenvalue weighted by molar-refractivity contribution is 7.80. The molecule has 0 aromatic heterocycles. The van der Waals surface area contributed by atoms with Crippen LogP contribution < -0.4 is 0 Å². The minimum atomic E-state index is -2.59. The molecule has 1 rings (SSSR count). The van der Waals surface area contributed by atoms with Crippen LogP contribution in [-0.4, -0.2) is 28.3 Å². The lowest BCUT2D eigenvalue weighted by Gasteiger charge is -2.26. The molecule has 0 aliphatic rings. The first-order valence-electron chi connectivity index (χ1n) is 16.7. The maximum Gasteiger partial charge on any atom is 0.472 e. The Balaban J connectivity index is 2.55. The van der Waals surface area contributed by atoms with E-state index in [-0.39, 0.29) is 6.61 Å². The summed E-state index contributed by atoms with van der Waals surface area (Å²) in [6.45, 7) is 6.27. The zero-order valence-corrected chi connectivity index (χ0v) is 28.6. The maximum atomic E-state index is 12.6. The number of esters is 1. The monoisotopic (exact) mass is 627 g/mol. The second-order valence-corrected chi connectivity index (χ2v) is 13.1. The molecule has 0 saturated heterocycles. The third-order valence-corrected chi connectivity index (χ3v) is 8.72. The van der Waals surface area contributed by atoms with Gasteiger partial charge in [0.2, 0.25) is 0 Å². The number of benzene rings is 1. The number of hydrogen-bond donors (Lipinski definition) is 2. The lowest BCUT2D eigenvalue weighted by Crippen LogP contribution is -2.42. The van der Waals surface area contributed by atoms with Crippen LogP contribution in [-0.2, 0) is 30.2 Å². The fourth-order valence-electron chi connectivity index (χ4n) is 5.19. The van der Waals surface area contributed by atoms with E-state index in [1.807, 2.05) is 25.1 Å². The first kappa shape index (κ1) is 39.0. The van der Waals surface area contributed by atoms with E-state index in [2.05, 4.69) is 13.8 Å². The Morgan fingerprint density at radius 3 is 1.81 bits per heavy atom. The van der Waals surface area contributed by atoms with E-state index in [0.29, 0.717) is 12.3 Å². The van der Waals surface area contributed by atoms with Crippen LogP contribution in [0.2, 0.25) is 0 Å². The number of ether oxygens (including phenoxy) is 3. The average Bonchev–Trinajstić information content (AvgIpc) is 3.00. The van der Waals surface area contributed by atoms with Crippen molar-refractivity contribution in [1.29, 1.82) is 0 Å². The van der Waals surface area contributed by atoms with Gasteiger partial charge >= 0.3 is 20.0 Å². The molecule has 0 amide bonds. The largest absolute Gasteiger partial charge is 0.472 e. The van der Waals surface area contributed by atoms with Gasteiger partial charge in [-0.3, -0.25) is 4.74 Å². The van der Waals surface area contributed by atoms with Gasteiger partial charge in [-0.25, -0.2) is 4.79 Å². The van der Waals surface area contributed by atoms with E-state index in [9.17, 15) is 14.5 Å². The summed E-state index contributed by atoms with van der Waals surface area (Å²) in [5.41, 5.74) is -2.25. The van der Waals surface area contributed by atoms with E-state index >= 15 is 0 Å². The molecule has 5 unspecified atom stereocenters. The quantitative estimate of drug-likeness (QED) is 0.0316. The summed E-state index contributed by atoms with van der Waals surface area (Å²) >= 11 is 4.71. The van der Waals surface area contributed by atoms with Crippen molar-refractivity contribution < 1.29 is 28.7 Å². The molecular weight excluding hydrogens is 567 g/mol. The van der Waals surface area contributed by atoms with E-state index < -0.39 is 31.7 Å². The van der Waals surface area contributed by atoms with Crippen LogP contribution in [0.5, 0.6) is 0 Å². The van der Waals surface area contributed by atoms with Crippen molar-refractivity contribution in [1.82, 2.24) is 0 Å². The normalized spacial score (nSPS) is 15.3. The van der Waals surface area contributed by atoms with Crippen LogP contribution in [0, 0.1) is 5.92 Å². The minimum absolute atomic E-state index is 0.0540. The van der Waals surface area contributed by atoms with Crippen molar-refractivity contribution in [3.8, 4) is 0 Å². The number of unbranched alkanes of at least 4 members (excludes halogenated alkanes) is 13. The lowest BCUT2D eigenvalue weighted by atomic mass is 9.91. The topological polar surface area (TPSA) is 82.1 Å². The summed E-state index contributed by atoms with van der Waals surface area (Å²) in [5, 5.41) is 10.7. The molecule has 0 aliphatic carbocycles. The summed E-state index contributed by atoms with van der Waals surface area (Å²) in [4.78, 5) is 12.6. The van der Waals surface area contributed by atoms with Crippen molar-refractivity contribution in [2.45, 2.75) is 167 Å². The molecule has 42 heavy (non-hydrogen) atoms. The first-order valence-corrected chi connectivity index (χ1v) is 18.1. The van der Waals surface area contributed by atoms with Crippen LogP contribution in [0.4, 0.5) is 0 Å². The third-order valence-electron chi connectivity index (χ3n) is 7.79. The van der Waals surface area contributed by atoms with Crippen molar-refractivity contribution in [3.05, 3.63) is 35.9 Å². The highest BCUT2D eigenvalue weighted by atomic mass is 32.1. The highest BCUT2D eigenvalue weighted by Gasteiger charge is 2.51. The molecule has 1 aromatic rings. The van der Waals surface area contributed by atoms with E-state index in [1.165, 1.54) is 96.3 Å². The third kappa shape index (κ3) is 18.6. The SMILES string of the molecule is CCCCCCCCCCCCC(CCCCCCC)CC(S)OC(CC)OC(O)([PH+]=O)C(=O)OCc1ccccc1. The second-order valence-electron chi connectivity index (χ2n) is 11.6. The second kappa shape index (κ2) is 25.4. The number of hydrogen-bond acceptors (Lipinski definition) is 7. The minimum Gasteiger partial charge on any atom is -0.453 e. The number of rotatable bonds is 28. The molecule has 0 saturated carbocycles. The fraction of sp³-hybridized carbons (Fsp3) is 0.794. The molecule has 0 aliphatic heterocycles.